The molecule has 2 aromatic rings. The SMILES string of the molecule is Cc1cc([N+](=O)[O-])ccc1NC(=O)CCN(C)CCOc1ccc(Cl)cc1. The summed E-state index contributed by atoms with van der Waals surface area (Å²) in [5, 5.41) is 14.2. The summed E-state index contributed by atoms with van der Waals surface area (Å²) in [5.74, 6) is 0.608. The monoisotopic (exact) mass is 391 g/mol. The third-order valence-electron chi connectivity index (χ3n) is 3.97. The maximum Gasteiger partial charge on any atom is 0.269 e. The van der Waals surface area contributed by atoms with Gasteiger partial charge in [-0.3, -0.25) is 14.9 Å². The van der Waals surface area contributed by atoms with Crippen LogP contribution in [0.25, 0.3) is 0 Å². The number of ether oxygens (including phenoxy) is 1. The van der Waals surface area contributed by atoms with Gasteiger partial charge in [0.25, 0.3) is 5.69 Å². The van der Waals surface area contributed by atoms with Gasteiger partial charge in [0.1, 0.15) is 12.4 Å². The Hall–Kier alpha value is -2.64. The van der Waals surface area contributed by atoms with E-state index in [0.29, 0.717) is 42.4 Å². The number of halogens is 1. The quantitative estimate of drug-likeness (QED) is 0.517. The summed E-state index contributed by atoms with van der Waals surface area (Å²) < 4.78 is 5.62. The molecule has 0 atom stereocenters. The predicted molar refractivity (Wildman–Crippen MR) is 106 cm³/mol. The van der Waals surface area contributed by atoms with Crippen LogP contribution in [0.4, 0.5) is 11.4 Å². The van der Waals surface area contributed by atoms with E-state index >= 15 is 0 Å². The fourth-order valence-electron chi connectivity index (χ4n) is 2.37. The van der Waals surface area contributed by atoms with Crippen molar-refractivity contribution in [2.75, 3.05) is 32.1 Å². The molecular weight excluding hydrogens is 370 g/mol. The number of likely N-dealkylation sites (N-methyl/N-ethyl adjacent to an activating group) is 1. The third-order valence-corrected chi connectivity index (χ3v) is 4.22. The number of non-ortho nitro benzene ring substituents is 1. The number of hydrogen-bond donors (Lipinski definition) is 1. The van der Waals surface area contributed by atoms with Crippen LogP contribution in [-0.4, -0.2) is 42.5 Å². The van der Waals surface area contributed by atoms with Gasteiger partial charge in [-0.15, -0.1) is 0 Å². The number of benzene rings is 2. The Morgan fingerprint density at radius 1 is 1.22 bits per heavy atom. The average molecular weight is 392 g/mol. The number of nitrogens with zero attached hydrogens (tertiary/aromatic N) is 2. The van der Waals surface area contributed by atoms with Crippen molar-refractivity contribution in [2.24, 2.45) is 0 Å². The molecule has 0 bridgehead atoms. The van der Waals surface area contributed by atoms with Crippen LogP contribution in [0.2, 0.25) is 5.02 Å². The topological polar surface area (TPSA) is 84.7 Å². The minimum atomic E-state index is -0.459. The Morgan fingerprint density at radius 2 is 1.93 bits per heavy atom. The van der Waals surface area contributed by atoms with Crippen molar-refractivity contribution in [3.8, 4) is 5.75 Å². The number of rotatable bonds is 9. The van der Waals surface area contributed by atoms with E-state index in [2.05, 4.69) is 5.32 Å². The highest BCUT2D eigenvalue weighted by molar-refractivity contribution is 6.30. The van der Waals surface area contributed by atoms with Crippen LogP contribution < -0.4 is 10.1 Å². The Morgan fingerprint density at radius 3 is 2.56 bits per heavy atom. The van der Waals surface area contributed by atoms with Crippen molar-refractivity contribution in [1.82, 2.24) is 4.90 Å². The first-order valence-electron chi connectivity index (χ1n) is 8.47. The molecule has 0 spiro atoms. The van der Waals surface area contributed by atoms with Gasteiger partial charge in [0.05, 0.1) is 4.92 Å². The van der Waals surface area contributed by atoms with Crippen molar-refractivity contribution in [3.05, 3.63) is 63.2 Å². The molecule has 0 heterocycles. The second kappa shape index (κ2) is 9.89. The number of hydrogen-bond acceptors (Lipinski definition) is 5. The molecule has 27 heavy (non-hydrogen) atoms. The van der Waals surface area contributed by atoms with E-state index in [1.54, 1.807) is 25.1 Å². The maximum absolute atomic E-state index is 12.1. The highest BCUT2D eigenvalue weighted by Gasteiger charge is 2.11. The Balaban J connectivity index is 1.71. The molecule has 0 unspecified atom stereocenters. The second-order valence-electron chi connectivity index (χ2n) is 6.16. The lowest BCUT2D eigenvalue weighted by Crippen LogP contribution is -2.28. The summed E-state index contributed by atoms with van der Waals surface area (Å²) in [6.45, 7) is 3.47. The second-order valence-corrected chi connectivity index (χ2v) is 6.60. The van der Waals surface area contributed by atoms with Crippen molar-refractivity contribution < 1.29 is 14.5 Å². The molecule has 0 aliphatic carbocycles. The standard InChI is InChI=1S/C19H22ClN3O4/c1-14-13-16(23(25)26)5-8-18(14)21-19(24)9-10-22(2)11-12-27-17-6-3-15(20)4-7-17/h3-8,13H,9-12H2,1-2H3,(H,21,24). The summed E-state index contributed by atoms with van der Waals surface area (Å²) in [7, 11) is 1.91. The molecule has 144 valence electrons. The average Bonchev–Trinajstić information content (AvgIpc) is 2.63. The fraction of sp³-hybridized carbons (Fsp3) is 0.316. The molecule has 0 saturated carbocycles. The summed E-state index contributed by atoms with van der Waals surface area (Å²) in [6.07, 6.45) is 0.313. The lowest BCUT2D eigenvalue weighted by Gasteiger charge is -2.17. The van der Waals surface area contributed by atoms with Gasteiger partial charge in [0, 0.05) is 42.4 Å². The minimum Gasteiger partial charge on any atom is -0.492 e. The zero-order chi connectivity index (χ0) is 19.8. The zero-order valence-electron chi connectivity index (χ0n) is 15.3. The lowest BCUT2D eigenvalue weighted by molar-refractivity contribution is -0.384. The summed E-state index contributed by atoms with van der Waals surface area (Å²) in [5.41, 5.74) is 1.24. The predicted octanol–water partition coefficient (Wildman–Crippen LogP) is 3.90. The fourth-order valence-corrected chi connectivity index (χ4v) is 2.49. The van der Waals surface area contributed by atoms with Gasteiger partial charge in [-0.25, -0.2) is 0 Å². The van der Waals surface area contributed by atoms with Crippen molar-refractivity contribution in [2.45, 2.75) is 13.3 Å². The van der Waals surface area contributed by atoms with Gasteiger partial charge in [0.15, 0.2) is 0 Å². The molecule has 0 aliphatic heterocycles. The summed E-state index contributed by atoms with van der Waals surface area (Å²) in [6, 6.07) is 11.5. The number of nitrogens with one attached hydrogen (secondary N) is 1. The molecule has 0 aliphatic rings. The molecular formula is C19H22ClN3O4. The van der Waals surface area contributed by atoms with Crippen molar-refractivity contribution >= 4 is 28.9 Å². The van der Waals surface area contributed by atoms with Gasteiger partial charge >= 0.3 is 0 Å². The number of anilines is 1. The van der Waals surface area contributed by atoms with E-state index in [1.807, 2.05) is 24.1 Å². The number of carbonyl (C=O) groups is 1. The molecule has 7 nitrogen and oxygen atoms in total. The number of nitro groups is 1. The number of nitro benzene ring substituents is 1. The first-order chi connectivity index (χ1) is 12.8. The third kappa shape index (κ3) is 6.88. The number of carbonyl (C=O) groups excluding carboxylic acids is 1. The Labute approximate surface area is 163 Å². The maximum atomic E-state index is 12.1. The van der Waals surface area contributed by atoms with E-state index in [0.717, 1.165) is 5.75 Å². The van der Waals surface area contributed by atoms with Gasteiger partial charge in [-0.05, 0) is 49.9 Å². The van der Waals surface area contributed by atoms with Crippen molar-refractivity contribution in [3.63, 3.8) is 0 Å². The highest BCUT2D eigenvalue weighted by Crippen LogP contribution is 2.21. The van der Waals surface area contributed by atoms with Gasteiger partial charge in [-0.1, -0.05) is 11.6 Å². The Bertz CT molecular complexity index is 796. The largest absolute Gasteiger partial charge is 0.492 e. The van der Waals surface area contributed by atoms with Crippen LogP contribution in [0.1, 0.15) is 12.0 Å². The van der Waals surface area contributed by atoms with E-state index < -0.39 is 4.92 Å². The summed E-state index contributed by atoms with van der Waals surface area (Å²) in [4.78, 5) is 24.4. The van der Waals surface area contributed by atoms with E-state index in [9.17, 15) is 14.9 Å². The van der Waals surface area contributed by atoms with Crippen LogP contribution in [0.3, 0.4) is 0 Å². The van der Waals surface area contributed by atoms with Crippen LogP contribution in [-0.2, 0) is 4.79 Å². The van der Waals surface area contributed by atoms with Crippen molar-refractivity contribution in [1.29, 1.82) is 0 Å². The molecule has 1 amide bonds. The molecule has 0 radical (unpaired) electrons. The molecule has 2 rings (SSSR count). The first kappa shape index (κ1) is 20.7. The van der Waals surface area contributed by atoms with Crippen LogP contribution >= 0.6 is 11.6 Å². The molecule has 2 aromatic carbocycles. The van der Waals surface area contributed by atoms with Gasteiger partial charge < -0.3 is 15.0 Å². The molecule has 1 N–H and O–H groups in total. The number of amides is 1. The van der Waals surface area contributed by atoms with Crippen LogP contribution in [0.5, 0.6) is 5.75 Å². The first-order valence-corrected chi connectivity index (χ1v) is 8.85. The van der Waals surface area contributed by atoms with Gasteiger partial charge in [0.2, 0.25) is 5.91 Å². The van der Waals surface area contributed by atoms with Gasteiger partial charge in [-0.2, -0.15) is 0 Å². The smallest absolute Gasteiger partial charge is 0.269 e. The normalized spacial score (nSPS) is 10.7. The van der Waals surface area contributed by atoms with E-state index in [-0.39, 0.29) is 11.6 Å². The molecule has 0 saturated heterocycles. The molecule has 0 aromatic heterocycles. The zero-order valence-corrected chi connectivity index (χ0v) is 16.0. The van der Waals surface area contributed by atoms with Crippen LogP contribution in [0, 0.1) is 17.0 Å². The number of aryl methyl sites for hydroxylation is 1. The Kier molecular flexibility index (Phi) is 7.57. The molecule has 0 fully saturated rings. The van der Waals surface area contributed by atoms with E-state index in [1.165, 1.54) is 12.1 Å². The van der Waals surface area contributed by atoms with E-state index in [4.69, 9.17) is 16.3 Å². The minimum absolute atomic E-state index is 0.00548. The summed E-state index contributed by atoms with van der Waals surface area (Å²) >= 11 is 5.82. The highest BCUT2D eigenvalue weighted by atomic mass is 35.5. The van der Waals surface area contributed by atoms with Crippen LogP contribution in [0.15, 0.2) is 42.5 Å². The lowest BCUT2D eigenvalue weighted by atomic mass is 10.1. The molecule has 8 heteroatoms.